The van der Waals surface area contributed by atoms with Gasteiger partial charge in [-0.3, -0.25) is 0 Å². The number of hydrogen-bond acceptors (Lipinski definition) is 2. The summed E-state index contributed by atoms with van der Waals surface area (Å²) >= 11 is 0. The van der Waals surface area contributed by atoms with Crippen LogP contribution in [0, 0.1) is 5.92 Å². The fraction of sp³-hybridized carbons (Fsp3) is 1.00. The molecular formula is C8H14F3NO. The van der Waals surface area contributed by atoms with Gasteiger partial charge in [-0.05, 0) is 19.3 Å². The number of halogens is 3. The van der Waals surface area contributed by atoms with Crippen LogP contribution in [0.2, 0.25) is 0 Å². The first kappa shape index (κ1) is 10.8. The molecule has 0 aromatic rings. The van der Waals surface area contributed by atoms with Crippen molar-refractivity contribution in [2.24, 2.45) is 5.92 Å². The third-order valence-corrected chi connectivity index (χ3v) is 2.46. The van der Waals surface area contributed by atoms with Crippen molar-refractivity contribution in [2.75, 3.05) is 13.2 Å². The lowest BCUT2D eigenvalue weighted by Crippen LogP contribution is -2.44. The SMILES string of the molecule is OCCC1CCC(C(F)(F)F)CN1. The maximum Gasteiger partial charge on any atom is 0.393 e. The number of aliphatic hydroxyl groups excluding tert-OH is 1. The van der Waals surface area contributed by atoms with Crippen molar-refractivity contribution in [3.8, 4) is 0 Å². The van der Waals surface area contributed by atoms with Gasteiger partial charge < -0.3 is 10.4 Å². The third-order valence-electron chi connectivity index (χ3n) is 2.46. The average Bonchev–Trinajstić information content (AvgIpc) is 2.04. The van der Waals surface area contributed by atoms with Gasteiger partial charge in [0.2, 0.25) is 0 Å². The molecule has 1 aliphatic heterocycles. The van der Waals surface area contributed by atoms with Crippen LogP contribution in [-0.2, 0) is 0 Å². The van der Waals surface area contributed by atoms with E-state index in [-0.39, 0.29) is 25.6 Å². The number of piperidine rings is 1. The highest BCUT2D eigenvalue weighted by Gasteiger charge is 2.41. The zero-order valence-electron chi connectivity index (χ0n) is 7.27. The van der Waals surface area contributed by atoms with Crippen LogP contribution in [-0.4, -0.2) is 30.5 Å². The van der Waals surface area contributed by atoms with Crippen molar-refractivity contribution in [1.29, 1.82) is 0 Å². The van der Waals surface area contributed by atoms with Crippen LogP contribution in [0.3, 0.4) is 0 Å². The fourth-order valence-electron chi connectivity index (χ4n) is 1.60. The molecule has 1 fully saturated rings. The van der Waals surface area contributed by atoms with Gasteiger partial charge in [-0.15, -0.1) is 0 Å². The minimum atomic E-state index is -4.07. The molecule has 1 aliphatic rings. The molecule has 2 atom stereocenters. The Morgan fingerprint density at radius 1 is 1.31 bits per heavy atom. The molecule has 0 amide bonds. The lowest BCUT2D eigenvalue weighted by atomic mass is 9.93. The van der Waals surface area contributed by atoms with E-state index in [2.05, 4.69) is 5.32 Å². The van der Waals surface area contributed by atoms with Gasteiger partial charge in [0.15, 0.2) is 0 Å². The zero-order valence-corrected chi connectivity index (χ0v) is 7.27. The van der Waals surface area contributed by atoms with E-state index in [1.807, 2.05) is 0 Å². The summed E-state index contributed by atoms with van der Waals surface area (Å²) in [5.41, 5.74) is 0. The highest BCUT2D eigenvalue weighted by atomic mass is 19.4. The summed E-state index contributed by atoms with van der Waals surface area (Å²) in [4.78, 5) is 0. The van der Waals surface area contributed by atoms with Gasteiger partial charge in [-0.2, -0.15) is 13.2 Å². The van der Waals surface area contributed by atoms with E-state index in [1.165, 1.54) is 0 Å². The maximum atomic E-state index is 12.2. The summed E-state index contributed by atoms with van der Waals surface area (Å²) in [6.45, 7) is 0.0303. The molecule has 1 saturated heterocycles. The first-order valence-electron chi connectivity index (χ1n) is 4.45. The van der Waals surface area contributed by atoms with Crippen LogP contribution in [0.5, 0.6) is 0 Å². The Labute approximate surface area is 75.1 Å². The van der Waals surface area contributed by atoms with Gasteiger partial charge in [0, 0.05) is 19.2 Å². The monoisotopic (exact) mass is 197 g/mol. The summed E-state index contributed by atoms with van der Waals surface area (Å²) in [7, 11) is 0. The molecule has 1 rings (SSSR count). The van der Waals surface area contributed by atoms with Crippen LogP contribution in [0.25, 0.3) is 0 Å². The molecule has 0 aliphatic carbocycles. The Morgan fingerprint density at radius 2 is 2.00 bits per heavy atom. The average molecular weight is 197 g/mol. The summed E-state index contributed by atoms with van der Waals surface area (Å²) in [6, 6.07) is 0.0589. The number of hydrogen-bond donors (Lipinski definition) is 2. The largest absolute Gasteiger partial charge is 0.396 e. The third kappa shape index (κ3) is 3.15. The first-order chi connectivity index (χ1) is 6.04. The van der Waals surface area contributed by atoms with E-state index in [0.717, 1.165) is 0 Å². The molecule has 0 bridgehead atoms. The Kier molecular flexibility index (Phi) is 3.55. The van der Waals surface area contributed by atoms with Gasteiger partial charge in [0.05, 0.1) is 5.92 Å². The Morgan fingerprint density at radius 3 is 2.38 bits per heavy atom. The van der Waals surface area contributed by atoms with E-state index >= 15 is 0 Å². The van der Waals surface area contributed by atoms with Crippen LogP contribution in [0.1, 0.15) is 19.3 Å². The van der Waals surface area contributed by atoms with Crippen LogP contribution in [0.4, 0.5) is 13.2 Å². The second kappa shape index (κ2) is 4.28. The van der Waals surface area contributed by atoms with Gasteiger partial charge in [-0.25, -0.2) is 0 Å². The topological polar surface area (TPSA) is 32.3 Å². The molecule has 2 nitrogen and oxygen atoms in total. The molecule has 5 heteroatoms. The van der Waals surface area contributed by atoms with Crippen LogP contribution in [0.15, 0.2) is 0 Å². The van der Waals surface area contributed by atoms with E-state index in [1.54, 1.807) is 0 Å². The van der Waals surface area contributed by atoms with Crippen molar-refractivity contribution in [3.05, 3.63) is 0 Å². The van der Waals surface area contributed by atoms with Crippen molar-refractivity contribution in [2.45, 2.75) is 31.5 Å². The number of aliphatic hydroxyl groups is 1. The van der Waals surface area contributed by atoms with Gasteiger partial charge >= 0.3 is 6.18 Å². The molecule has 13 heavy (non-hydrogen) atoms. The van der Waals surface area contributed by atoms with E-state index in [0.29, 0.717) is 12.8 Å². The van der Waals surface area contributed by atoms with Crippen molar-refractivity contribution in [3.63, 3.8) is 0 Å². The summed E-state index contributed by atoms with van der Waals surface area (Å²) in [5, 5.41) is 11.4. The highest BCUT2D eigenvalue weighted by Crippen LogP contribution is 2.32. The molecule has 1 heterocycles. The molecule has 0 radical (unpaired) electrons. The number of nitrogens with one attached hydrogen (secondary N) is 1. The standard InChI is InChI=1S/C8H14F3NO/c9-8(10,11)6-1-2-7(3-4-13)12-5-6/h6-7,12-13H,1-5H2. The molecular weight excluding hydrogens is 183 g/mol. The molecule has 0 aromatic heterocycles. The molecule has 78 valence electrons. The lowest BCUT2D eigenvalue weighted by molar-refractivity contribution is -0.179. The van der Waals surface area contributed by atoms with E-state index in [4.69, 9.17) is 5.11 Å². The molecule has 0 spiro atoms. The summed E-state index contributed by atoms with van der Waals surface area (Å²) < 4.78 is 36.5. The van der Waals surface area contributed by atoms with Gasteiger partial charge in [-0.1, -0.05) is 0 Å². The second-order valence-corrected chi connectivity index (χ2v) is 3.43. The van der Waals surface area contributed by atoms with Gasteiger partial charge in [0.25, 0.3) is 0 Å². The molecule has 0 aromatic carbocycles. The predicted molar refractivity (Wildman–Crippen MR) is 42.3 cm³/mol. The van der Waals surface area contributed by atoms with Crippen molar-refractivity contribution < 1.29 is 18.3 Å². The second-order valence-electron chi connectivity index (χ2n) is 3.43. The smallest absolute Gasteiger partial charge is 0.393 e. The minimum absolute atomic E-state index is 0.00579. The first-order valence-corrected chi connectivity index (χ1v) is 4.45. The maximum absolute atomic E-state index is 12.2. The molecule has 0 saturated carbocycles. The fourth-order valence-corrected chi connectivity index (χ4v) is 1.60. The summed E-state index contributed by atoms with van der Waals surface area (Å²) in [5.74, 6) is -1.21. The van der Waals surface area contributed by atoms with E-state index < -0.39 is 12.1 Å². The predicted octanol–water partition coefficient (Wildman–Crippen LogP) is 1.30. The Bertz CT molecular complexity index is 152. The highest BCUT2D eigenvalue weighted by molar-refractivity contribution is 4.81. The van der Waals surface area contributed by atoms with Crippen LogP contribution >= 0.6 is 0 Å². The Hall–Kier alpha value is -0.290. The number of alkyl halides is 3. The normalized spacial score (nSPS) is 30.5. The number of rotatable bonds is 2. The molecule has 2 unspecified atom stereocenters. The summed E-state index contributed by atoms with van der Waals surface area (Å²) in [6.07, 6.45) is -2.84. The van der Waals surface area contributed by atoms with E-state index in [9.17, 15) is 13.2 Å². The zero-order chi connectivity index (χ0) is 9.90. The quantitative estimate of drug-likeness (QED) is 0.699. The Balaban J connectivity index is 2.30. The minimum Gasteiger partial charge on any atom is -0.396 e. The van der Waals surface area contributed by atoms with Crippen molar-refractivity contribution >= 4 is 0 Å². The van der Waals surface area contributed by atoms with Gasteiger partial charge in [0.1, 0.15) is 0 Å². The molecule has 2 N–H and O–H groups in total. The lowest BCUT2D eigenvalue weighted by Gasteiger charge is -2.30. The van der Waals surface area contributed by atoms with Crippen LogP contribution < -0.4 is 5.32 Å². The van der Waals surface area contributed by atoms with Crippen molar-refractivity contribution in [1.82, 2.24) is 5.32 Å².